The summed E-state index contributed by atoms with van der Waals surface area (Å²) in [6.45, 7) is 1.91. The van der Waals surface area contributed by atoms with E-state index in [2.05, 4.69) is 10.5 Å². The van der Waals surface area contributed by atoms with E-state index in [0.29, 0.717) is 11.5 Å². The third-order valence-corrected chi connectivity index (χ3v) is 2.36. The first-order valence-corrected chi connectivity index (χ1v) is 5.29. The van der Waals surface area contributed by atoms with Crippen molar-refractivity contribution in [2.45, 2.75) is 19.6 Å². The summed E-state index contributed by atoms with van der Waals surface area (Å²) >= 11 is 0. The van der Waals surface area contributed by atoms with Crippen LogP contribution in [0.15, 0.2) is 34.9 Å². The maximum absolute atomic E-state index is 12.7. The van der Waals surface area contributed by atoms with Crippen molar-refractivity contribution in [1.82, 2.24) is 5.16 Å². The summed E-state index contributed by atoms with van der Waals surface area (Å²) < 4.78 is 43.0. The number of nitrogens with zero attached hydrogens (tertiary/aromatic N) is 1. The first-order chi connectivity index (χ1) is 8.47. The molecule has 1 aromatic heterocycles. The number of aromatic nitrogens is 1. The van der Waals surface area contributed by atoms with E-state index in [1.807, 2.05) is 0 Å². The van der Waals surface area contributed by atoms with Crippen molar-refractivity contribution in [3.05, 3.63) is 47.3 Å². The average molecular weight is 256 g/mol. The van der Waals surface area contributed by atoms with E-state index in [9.17, 15) is 13.2 Å². The van der Waals surface area contributed by atoms with E-state index < -0.39 is 11.7 Å². The van der Waals surface area contributed by atoms with E-state index in [1.165, 1.54) is 12.1 Å². The number of halogens is 3. The molecule has 1 aromatic carbocycles. The lowest BCUT2D eigenvalue weighted by Gasteiger charge is -2.13. The van der Waals surface area contributed by atoms with Crippen molar-refractivity contribution in [2.75, 3.05) is 5.32 Å². The summed E-state index contributed by atoms with van der Waals surface area (Å²) in [4.78, 5) is 0. The largest absolute Gasteiger partial charge is 0.418 e. The molecule has 2 aromatic rings. The number of benzene rings is 1. The third kappa shape index (κ3) is 2.82. The molecule has 0 spiro atoms. The van der Waals surface area contributed by atoms with Gasteiger partial charge >= 0.3 is 6.18 Å². The van der Waals surface area contributed by atoms with Gasteiger partial charge in [0.1, 0.15) is 0 Å². The number of hydrogen-bond acceptors (Lipinski definition) is 3. The van der Waals surface area contributed by atoms with E-state index in [4.69, 9.17) is 4.52 Å². The minimum absolute atomic E-state index is 0.0269. The molecular weight excluding hydrogens is 245 g/mol. The van der Waals surface area contributed by atoms with Crippen LogP contribution in [0, 0.1) is 6.92 Å². The van der Waals surface area contributed by atoms with Crippen molar-refractivity contribution < 1.29 is 17.7 Å². The van der Waals surface area contributed by atoms with Crippen LogP contribution in [0.1, 0.15) is 17.0 Å². The van der Waals surface area contributed by atoms with E-state index in [0.717, 1.165) is 6.07 Å². The lowest BCUT2D eigenvalue weighted by molar-refractivity contribution is -0.137. The highest BCUT2D eigenvalue weighted by molar-refractivity contribution is 5.52. The Morgan fingerprint density at radius 1 is 1.28 bits per heavy atom. The van der Waals surface area contributed by atoms with Crippen LogP contribution in [-0.4, -0.2) is 5.16 Å². The van der Waals surface area contributed by atoms with Gasteiger partial charge in [-0.15, -0.1) is 0 Å². The maximum Gasteiger partial charge on any atom is 0.418 e. The molecule has 18 heavy (non-hydrogen) atoms. The van der Waals surface area contributed by atoms with Crippen LogP contribution in [-0.2, 0) is 12.7 Å². The second kappa shape index (κ2) is 4.72. The standard InChI is InChI=1S/C12H11F3N2O/c1-8-6-9(18-17-8)7-16-11-5-3-2-4-10(11)12(13,14)15/h2-6,16H,7H2,1H3. The molecule has 0 fully saturated rings. The topological polar surface area (TPSA) is 38.1 Å². The molecule has 0 unspecified atom stereocenters. The molecule has 1 heterocycles. The SMILES string of the molecule is Cc1cc(CNc2ccccc2C(F)(F)F)on1. The van der Waals surface area contributed by atoms with Crippen molar-refractivity contribution in [2.24, 2.45) is 0 Å². The van der Waals surface area contributed by atoms with Gasteiger partial charge < -0.3 is 9.84 Å². The molecule has 0 bridgehead atoms. The smallest absolute Gasteiger partial charge is 0.377 e. The van der Waals surface area contributed by atoms with Crippen molar-refractivity contribution in [1.29, 1.82) is 0 Å². The normalized spacial score (nSPS) is 11.6. The molecule has 0 saturated heterocycles. The monoisotopic (exact) mass is 256 g/mol. The number of hydrogen-bond donors (Lipinski definition) is 1. The first kappa shape index (κ1) is 12.5. The quantitative estimate of drug-likeness (QED) is 0.911. The van der Waals surface area contributed by atoms with Crippen LogP contribution in [0.2, 0.25) is 0 Å². The van der Waals surface area contributed by atoms with E-state index in [-0.39, 0.29) is 12.2 Å². The van der Waals surface area contributed by atoms with Crippen LogP contribution in [0.25, 0.3) is 0 Å². The Morgan fingerprint density at radius 3 is 2.61 bits per heavy atom. The molecule has 0 aliphatic carbocycles. The van der Waals surface area contributed by atoms with Gasteiger partial charge in [-0.3, -0.25) is 0 Å². The third-order valence-electron chi connectivity index (χ3n) is 2.36. The van der Waals surface area contributed by atoms with Crippen molar-refractivity contribution >= 4 is 5.69 Å². The number of nitrogens with one attached hydrogen (secondary N) is 1. The van der Waals surface area contributed by atoms with Gasteiger partial charge in [-0.25, -0.2) is 0 Å². The fraction of sp³-hybridized carbons (Fsp3) is 0.250. The number of aryl methyl sites for hydroxylation is 1. The van der Waals surface area contributed by atoms with Gasteiger partial charge in [0.05, 0.1) is 17.8 Å². The van der Waals surface area contributed by atoms with Crippen LogP contribution in [0.3, 0.4) is 0 Å². The van der Waals surface area contributed by atoms with Crippen LogP contribution in [0.4, 0.5) is 18.9 Å². The summed E-state index contributed by atoms with van der Waals surface area (Å²) in [5, 5.41) is 6.36. The van der Waals surface area contributed by atoms with Crippen LogP contribution in [0.5, 0.6) is 0 Å². The fourth-order valence-electron chi connectivity index (χ4n) is 1.57. The molecular formula is C12H11F3N2O. The Kier molecular flexibility index (Phi) is 3.27. The number of alkyl halides is 3. The Labute approximate surface area is 102 Å². The Hall–Kier alpha value is -1.98. The Balaban J connectivity index is 2.14. The summed E-state index contributed by atoms with van der Waals surface area (Å²) in [6.07, 6.45) is -4.37. The van der Waals surface area contributed by atoms with Gasteiger partial charge in [0, 0.05) is 11.8 Å². The molecule has 96 valence electrons. The van der Waals surface area contributed by atoms with Gasteiger partial charge in [-0.05, 0) is 19.1 Å². The van der Waals surface area contributed by atoms with Crippen molar-refractivity contribution in [3.63, 3.8) is 0 Å². The minimum atomic E-state index is -4.37. The molecule has 6 heteroatoms. The van der Waals surface area contributed by atoms with E-state index in [1.54, 1.807) is 19.1 Å². The molecule has 0 aliphatic heterocycles. The van der Waals surface area contributed by atoms with Gasteiger partial charge in [-0.1, -0.05) is 17.3 Å². The molecule has 0 radical (unpaired) electrons. The van der Waals surface area contributed by atoms with Gasteiger partial charge in [0.15, 0.2) is 5.76 Å². The zero-order valence-corrected chi connectivity index (χ0v) is 9.58. The zero-order chi connectivity index (χ0) is 13.2. The summed E-state index contributed by atoms with van der Waals surface area (Å²) in [5.41, 5.74) is 0.0243. The summed E-state index contributed by atoms with van der Waals surface area (Å²) in [7, 11) is 0. The van der Waals surface area contributed by atoms with Gasteiger partial charge in [0.2, 0.25) is 0 Å². The van der Waals surface area contributed by atoms with Gasteiger partial charge in [-0.2, -0.15) is 13.2 Å². The fourth-order valence-corrected chi connectivity index (χ4v) is 1.57. The van der Waals surface area contributed by atoms with Crippen molar-refractivity contribution in [3.8, 4) is 0 Å². The molecule has 0 aliphatic rings. The summed E-state index contributed by atoms with van der Waals surface area (Å²) in [5.74, 6) is 0.490. The van der Waals surface area contributed by atoms with E-state index >= 15 is 0 Å². The molecule has 3 nitrogen and oxygen atoms in total. The zero-order valence-electron chi connectivity index (χ0n) is 9.58. The number of rotatable bonds is 3. The Morgan fingerprint density at radius 2 is 2.00 bits per heavy atom. The average Bonchev–Trinajstić information content (AvgIpc) is 2.72. The highest BCUT2D eigenvalue weighted by Gasteiger charge is 2.33. The maximum atomic E-state index is 12.7. The first-order valence-electron chi connectivity index (χ1n) is 5.29. The molecule has 0 amide bonds. The van der Waals surface area contributed by atoms with Gasteiger partial charge in [0.25, 0.3) is 0 Å². The number of para-hydroxylation sites is 1. The summed E-state index contributed by atoms with van der Waals surface area (Å²) in [6, 6.07) is 6.99. The highest BCUT2D eigenvalue weighted by atomic mass is 19.4. The predicted octanol–water partition coefficient (Wildman–Crippen LogP) is 3.61. The molecule has 0 atom stereocenters. The predicted molar refractivity (Wildman–Crippen MR) is 60.0 cm³/mol. The second-order valence-electron chi connectivity index (χ2n) is 3.83. The molecule has 0 saturated carbocycles. The highest BCUT2D eigenvalue weighted by Crippen LogP contribution is 2.34. The van der Waals surface area contributed by atoms with Crippen LogP contribution < -0.4 is 5.32 Å². The lowest BCUT2D eigenvalue weighted by atomic mass is 10.1. The lowest BCUT2D eigenvalue weighted by Crippen LogP contribution is -2.10. The molecule has 1 N–H and O–H groups in total. The molecule has 2 rings (SSSR count). The number of anilines is 1. The van der Waals surface area contributed by atoms with Crippen LogP contribution >= 0.6 is 0 Å². The minimum Gasteiger partial charge on any atom is -0.377 e. The Bertz CT molecular complexity index is 534. The second-order valence-corrected chi connectivity index (χ2v) is 3.83.